The van der Waals surface area contributed by atoms with Crippen molar-refractivity contribution in [2.75, 3.05) is 0 Å². The second kappa shape index (κ2) is 2.05. The van der Waals surface area contributed by atoms with Gasteiger partial charge in [0, 0.05) is 24.7 Å². The molecular weight excluding hydrogens is 138 g/mol. The van der Waals surface area contributed by atoms with Crippen molar-refractivity contribution in [2.45, 2.75) is 6.92 Å². The Balaban J connectivity index is 2.95. The number of rotatable bonds is 0. The third kappa shape index (κ3) is 0.808. The zero-order chi connectivity index (χ0) is 7.84. The van der Waals surface area contributed by atoms with Gasteiger partial charge in [-0.2, -0.15) is 5.10 Å². The van der Waals surface area contributed by atoms with E-state index in [1.165, 1.54) is 0 Å². The van der Waals surface area contributed by atoms with E-state index in [0.29, 0.717) is 0 Å². The normalized spacial score (nSPS) is 10.7. The molecule has 0 saturated carbocycles. The van der Waals surface area contributed by atoms with Crippen LogP contribution in [0.1, 0.15) is 5.69 Å². The van der Waals surface area contributed by atoms with E-state index in [4.69, 9.17) is 0 Å². The minimum Gasteiger partial charge on any atom is -0.250 e. The molecule has 0 spiro atoms. The van der Waals surface area contributed by atoms with Gasteiger partial charge in [0.25, 0.3) is 0 Å². The fourth-order valence-corrected chi connectivity index (χ4v) is 1.20. The molecule has 0 amide bonds. The van der Waals surface area contributed by atoms with Crippen molar-refractivity contribution in [1.82, 2.24) is 14.8 Å². The molecule has 1 radical (unpaired) electrons. The summed E-state index contributed by atoms with van der Waals surface area (Å²) in [5, 5.41) is 5.30. The van der Waals surface area contributed by atoms with Crippen molar-refractivity contribution < 1.29 is 0 Å². The topological polar surface area (TPSA) is 30.7 Å². The van der Waals surface area contributed by atoms with E-state index in [2.05, 4.69) is 16.1 Å². The summed E-state index contributed by atoms with van der Waals surface area (Å²) in [6.45, 7) is 1.97. The Kier molecular flexibility index (Phi) is 1.18. The molecule has 2 aromatic rings. The van der Waals surface area contributed by atoms with Crippen molar-refractivity contribution in [3.63, 3.8) is 0 Å². The van der Waals surface area contributed by atoms with Crippen LogP contribution in [0.2, 0.25) is 0 Å². The van der Waals surface area contributed by atoms with Crippen LogP contribution in [-0.4, -0.2) is 14.8 Å². The smallest absolute Gasteiger partial charge is 0.157 e. The largest absolute Gasteiger partial charge is 0.250 e. The summed E-state index contributed by atoms with van der Waals surface area (Å²) in [6.07, 6.45) is 1.66. The minimum atomic E-state index is 0.918. The fraction of sp³-hybridized carbons (Fsp3) is 0.250. The first kappa shape index (κ1) is 6.34. The maximum Gasteiger partial charge on any atom is 0.157 e. The van der Waals surface area contributed by atoms with Gasteiger partial charge in [0.1, 0.15) is 0 Å². The second-order valence-corrected chi connectivity index (χ2v) is 2.52. The summed E-state index contributed by atoms with van der Waals surface area (Å²) in [4.78, 5) is 4.15. The van der Waals surface area contributed by atoms with Gasteiger partial charge in [-0.05, 0) is 13.0 Å². The van der Waals surface area contributed by atoms with Crippen LogP contribution in [0.25, 0.3) is 11.0 Å². The predicted molar refractivity (Wildman–Crippen MR) is 42.1 cm³/mol. The highest BCUT2D eigenvalue weighted by Gasteiger charge is 2.02. The lowest BCUT2D eigenvalue weighted by Gasteiger charge is -1.88. The number of aromatic nitrogens is 3. The third-order valence-corrected chi connectivity index (χ3v) is 1.73. The molecule has 55 valence electrons. The second-order valence-electron chi connectivity index (χ2n) is 2.52. The summed E-state index contributed by atoms with van der Waals surface area (Å²) in [5.41, 5.74) is 1.92. The van der Waals surface area contributed by atoms with Gasteiger partial charge < -0.3 is 0 Å². The van der Waals surface area contributed by atoms with Crippen molar-refractivity contribution in [1.29, 1.82) is 0 Å². The van der Waals surface area contributed by atoms with Crippen molar-refractivity contribution in [3.8, 4) is 0 Å². The summed E-state index contributed by atoms with van der Waals surface area (Å²) in [7, 11) is 1.89. The Hall–Kier alpha value is -1.38. The minimum absolute atomic E-state index is 0.918. The Morgan fingerprint density at radius 1 is 1.55 bits per heavy atom. The molecular formula is C8H8N3. The van der Waals surface area contributed by atoms with E-state index in [0.717, 1.165) is 16.7 Å². The maximum absolute atomic E-state index is 4.22. The quantitative estimate of drug-likeness (QED) is 0.556. The first-order valence-corrected chi connectivity index (χ1v) is 3.44. The molecule has 3 heteroatoms. The van der Waals surface area contributed by atoms with Gasteiger partial charge in [0.15, 0.2) is 5.65 Å². The molecule has 0 saturated heterocycles. The average Bonchev–Trinajstić information content (AvgIpc) is 2.30. The Bertz CT molecular complexity index is 353. The zero-order valence-electron chi connectivity index (χ0n) is 6.50. The van der Waals surface area contributed by atoms with Crippen LogP contribution in [0.15, 0.2) is 12.3 Å². The molecule has 0 N–H and O–H groups in total. The maximum atomic E-state index is 4.22. The Morgan fingerprint density at radius 2 is 2.36 bits per heavy atom. The van der Waals surface area contributed by atoms with Crippen LogP contribution in [0.4, 0.5) is 0 Å². The lowest BCUT2D eigenvalue weighted by atomic mass is 10.3. The van der Waals surface area contributed by atoms with Crippen molar-refractivity contribution in [3.05, 3.63) is 24.0 Å². The highest BCUT2D eigenvalue weighted by atomic mass is 15.3. The number of pyridine rings is 1. The molecule has 2 rings (SSSR count). The highest BCUT2D eigenvalue weighted by molar-refractivity contribution is 5.77. The van der Waals surface area contributed by atoms with E-state index < -0.39 is 0 Å². The molecule has 0 atom stereocenters. The lowest BCUT2D eigenvalue weighted by Crippen LogP contribution is -1.90. The zero-order valence-corrected chi connectivity index (χ0v) is 6.50. The van der Waals surface area contributed by atoms with Gasteiger partial charge in [-0.3, -0.25) is 4.68 Å². The van der Waals surface area contributed by atoms with Crippen molar-refractivity contribution in [2.24, 2.45) is 7.05 Å². The summed E-state index contributed by atoms with van der Waals surface area (Å²) < 4.78 is 1.78. The third-order valence-electron chi connectivity index (χ3n) is 1.73. The molecule has 11 heavy (non-hydrogen) atoms. The molecule has 0 fully saturated rings. The SMILES string of the molecule is Cc1nn(C)c2nc[c]cc12. The van der Waals surface area contributed by atoms with E-state index in [1.54, 1.807) is 10.9 Å². The Morgan fingerprint density at radius 3 is 3.09 bits per heavy atom. The predicted octanol–water partition coefficient (Wildman–Crippen LogP) is 1.08. The van der Waals surface area contributed by atoms with Gasteiger partial charge >= 0.3 is 0 Å². The molecule has 3 nitrogen and oxygen atoms in total. The van der Waals surface area contributed by atoms with Gasteiger partial charge in [0.2, 0.25) is 0 Å². The summed E-state index contributed by atoms with van der Waals surface area (Å²) in [6, 6.07) is 4.83. The molecule has 0 aliphatic heterocycles. The van der Waals surface area contributed by atoms with Gasteiger partial charge in [-0.15, -0.1) is 0 Å². The van der Waals surface area contributed by atoms with Crippen LogP contribution in [0, 0.1) is 13.0 Å². The van der Waals surface area contributed by atoms with E-state index >= 15 is 0 Å². The van der Waals surface area contributed by atoms with E-state index in [-0.39, 0.29) is 0 Å². The average molecular weight is 146 g/mol. The molecule has 0 aliphatic carbocycles. The molecule has 2 heterocycles. The molecule has 0 unspecified atom stereocenters. The monoisotopic (exact) mass is 146 g/mol. The number of hydrogen-bond donors (Lipinski definition) is 0. The first-order valence-electron chi connectivity index (χ1n) is 3.44. The lowest BCUT2D eigenvalue weighted by molar-refractivity contribution is 0.774. The number of nitrogens with zero attached hydrogens (tertiary/aromatic N) is 3. The van der Waals surface area contributed by atoms with Crippen LogP contribution in [0.3, 0.4) is 0 Å². The van der Waals surface area contributed by atoms with Crippen molar-refractivity contribution >= 4 is 11.0 Å². The Labute approximate surface area is 64.7 Å². The summed E-state index contributed by atoms with van der Waals surface area (Å²) >= 11 is 0. The van der Waals surface area contributed by atoms with Gasteiger partial charge in [-0.1, -0.05) is 0 Å². The van der Waals surface area contributed by atoms with E-state index in [9.17, 15) is 0 Å². The van der Waals surface area contributed by atoms with Gasteiger partial charge in [-0.25, -0.2) is 4.98 Å². The van der Waals surface area contributed by atoms with Gasteiger partial charge in [0.05, 0.1) is 5.69 Å². The molecule has 0 aromatic carbocycles. The molecule has 0 bridgehead atoms. The standard InChI is InChI=1S/C8H8N3/c1-6-7-4-3-5-9-8(7)11(2)10-6/h4-5H,1-2H3. The van der Waals surface area contributed by atoms with Crippen LogP contribution < -0.4 is 0 Å². The number of fused-ring (bicyclic) bond motifs is 1. The number of hydrogen-bond acceptors (Lipinski definition) is 2. The molecule has 2 aromatic heterocycles. The van der Waals surface area contributed by atoms with Crippen LogP contribution in [-0.2, 0) is 7.05 Å². The highest BCUT2D eigenvalue weighted by Crippen LogP contribution is 2.12. The van der Waals surface area contributed by atoms with Crippen LogP contribution >= 0.6 is 0 Å². The number of aryl methyl sites for hydroxylation is 2. The first-order chi connectivity index (χ1) is 5.29. The van der Waals surface area contributed by atoms with Crippen LogP contribution in [0.5, 0.6) is 0 Å². The molecule has 0 aliphatic rings. The summed E-state index contributed by atoms with van der Waals surface area (Å²) in [5.74, 6) is 0. The van der Waals surface area contributed by atoms with E-state index in [1.807, 2.05) is 20.0 Å². The fourth-order valence-electron chi connectivity index (χ4n) is 1.20.